The van der Waals surface area contributed by atoms with E-state index in [1.807, 2.05) is 0 Å². The van der Waals surface area contributed by atoms with E-state index in [2.05, 4.69) is 26.6 Å². The van der Waals surface area contributed by atoms with Crippen LogP contribution < -0.4 is 32.1 Å². The number of hydrogen-bond donors (Lipinski definition) is 7. The maximum absolute atomic E-state index is 15.5. The summed E-state index contributed by atoms with van der Waals surface area (Å²) in [4.78, 5) is 110. The normalized spacial score (nSPS) is 18.8. The highest BCUT2D eigenvalue weighted by atomic mass is 19.1. The minimum Gasteiger partial charge on any atom is -0.458 e. The minimum atomic E-state index is -2.03. The Morgan fingerprint density at radius 3 is 2.33 bits per heavy atom. The molecule has 0 spiro atoms. The number of aromatic nitrogens is 2. The fourth-order valence-corrected chi connectivity index (χ4v) is 10.3. The van der Waals surface area contributed by atoms with Gasteiger partial charge in [-0.05, 0) is 121 Å². The van der Waals surface area contributed by atoms with Gasteiger partial charge in [0.1, 0.15) is 36.3 Å². The third kappa shape index (κ3) is 12.6. The van der Waals surface area contributed by atoms with Crippen LogP contribution >= 0.6 is 0 Å². The minimum absolute atomic E-state index is 0.0285. The van der Waals surface area contributed by atoms with Gasteiger partial charge in [-0.1, -0.05) is 27.2 Å². The number of carbonyl (C=O) groups excluding carboxylic acids is 7. The molecule has 75 heavy (non-hydrogen) atoms. The predicted molar refractivity (Wildman–Crippen MR) is 273 cm³/mol. The molecule has 0 saturated carbocycles. The highest BCUT2D eigenvalue weighted by molar-refractivity contribution is 6.12. The second-order valence-electron chi connectivity index (χ2n) is 21.3. The number of nitrogens with one attached hydrogen (secondary N) is 5. The molecule has 21 heteroatoms. The van der Waals surface area contributed by atoms with E-state index in [9.17, 15) is 48.6 Å². The predicted octanol–water partition coefficient (Wildman–Crippen LogP) is 4.12. The molecule has 6 amide bonds. The van der Waals surface area contributed by atoms with E-state index in [0.717, 1.165) is 21.4 Å². The molecule has 3 aromatic rings. The number of ether oxygens (including phenoxy) is 2. The zero-order chi connectivity index (χ0) is 54.5. The Hall–Kier alpha value is -6.58. The summed E-state index contributed by atoms with van der Waals surface area (Å²) in [5.41, 5.74) is 1.08. The van der Waals surface area contributed by atoms with Crippen LogP contribution in [0.1, 0.15) is 152 Å². The molecule has 1 unspecified atom stereocenters. The molecule has 3 aliphatic heterocycles. The van der Waals surface area contributed by atoms with Crippen molar-refractivity contribution >= 4 is 52.5 Å². The molecule has 1 aliphatic carbocycles. The smallest absolute Gasteiger partial charge is 0.407 e. The van der Waals surface area contributed by atoms with Crippen molar-refractivity contribution in [3.8, 4) is 11.4 Å². The van der Waals surface area contributed by atoms with Crippen LogP contribution in [0.2, 0.25) is 0 Å². The standard InChI is InChI=1S/C54H71FN8O12/c1-8-54(73)34-25-39-47-32(27-63(39)50(70)33(34)28-74-51(54)71)45-36(19-18-31-30(4)35(55)26-38(59-47)44(31)45)58-40(64)17-14-23-56-48(68)37(15-11-12-22-57-52(72)75-53(5,6)7)60-49(69)46(29(2)3)61-41(65)16-10-9-13-24-62-42(66)20-21-43(62)67/h20-21,25-26,29,36-37,40,46,58,64,73H,8-19,22-24,27-28H2,1-7H3,(H,56,68)(H,57,72)(H,60,69)(H,61,65)/t36-,37-,40?,46-,54-/m0/s1. The first kappa shape index (κ1) is 56.2. The number of aryl methyl sites for hydroxylation is 1. The van der Waals surface area contributed by atoms with E-state index in [1.54, 1.807) is 54.5 Å². The van der Waals surface area contributed by atoms with Gasteiger partial charge >= 0.3 is 12.1 Å². The summed E-state index contributed by atoms with van der Waals surface area (Å²) >= 11 is 0. The number of hydrogen-bond acceptors (Lipinski definition) is 14. The molecule has 0 bridgehead atoms. The number of fused-ring (bicyclic) bond motifs is 5. The number of carbonyl (C=O) groups is 7. The number of aliphatic hydroxyl groups excluding tert-OH is 1. The van der Waals surface area contributed by atoms with Crippen LogP contribution in [0.5, 0.6) is 0 Å². The van der Waals surface area contributed by atoms with Gasteiger partial charge in [-0.25, -0.2) is 19.0 Å². The molecule has 7 N–H and O–H groups in total. The highest BCUT2D eigenvalue weighted by Gasteiger charge is 2.46. The van der Waals surface area contributed by atoms with E-state index >= 15 is 4.39 Å². The Labute approximate surface area is 434 Å². The van der Waals surface area contributed by atoms with Crippen molar-refractivity contribution in [2.24, 2.45) is 5.92 Å². The molecule has 0 saturated heterocycles. The van der Waals surface area contributed by atoms with E-state index in [-0.39, 0.29) is 93.2 Å². The fraction of sp³-hybridized carbons (Fsp3) is 0.574. The van der Waals surface area contributed by atoms with E-state index in [4.69, 9.17) is 14.5 Å². The molecule has 7 rings (SSSR count). The first-order valence-corrected chi connectivity index (χ1v) is 26.2. The monoisotopic (exact) mass is 1040 g/mol. The molecular weight excluding hydrogens is 972 g/mol. The highest BCUT2D eigenvalue weighted by Crippen LogP contribution is 2.46. The Kier molecular flexibility index (Phi) is 17.6. The first-order chi connectivity index (χ1) is 35.5. The first-order valence-electron chi connectivity index (χ1n) is 26.2. The number of imide groups is 1. The molecule has 0 radical (unpaired) electrons. The van der Waals surface area contributed by atoms with Crippen LogP contribution in [0.15, 0.2) is 29.1 Å². The van der Waals surface area contributed by atoms with Crippen molar-refractivity contribution in [1.29, 1.82) is 0 Å². The molecular formula is C54H71FN8O12. The van der Waals surface area contributed by atoms with Gasteiger partial charge in [-0.2, -0.15) is 0 Å². The molecule has 1 aromatic carbocycles. The third-order valence-electron chi connectivity index (χ3n) is 14.4. The van der Waals surface area contributed by atoms with Crippen LogP contribution in [-0.4, -0.2) is 110 Å². The number of halogens is 1. The molecule has 5 atom stereocenters. The van der Waals surface area contributed by atoms with Crippen LogP contribution in [0.3, 0.4) is 0 Å². The number of rotatable bonds is 23. The lowest BCUT2D eigenvalue weighted by Gasteiger charge is -2.31. The van der Waals surface area contributed by atoms with E-state index < -0.39 is 70.8 Å². The van der Waals surface area contributed by atoms with Gasteiger partial charge in [0.25, 0.3) is 17.4 Å². The number of pyridine rings is 2. The number of amides is 6. The Bertz CT molecular complexity index is 2820. The van der Waals surface area contributed by atoms with Gasteiger partial charge in [-0.15, -0.1) is 0 Å². The third-order valence-corrected chi connectivity index (χ3v) is 14.4. The van der Waals surface area contributed by atoms with Crippen LogP contribution in [0, 0.1) is 18.7 Å². The lowest BCUT2D eigenvalue weighted by atomic mass is 9.81. The zero-order valence-electron chi connectivity index (χ0n) is 43.9. The number of cyclic esters (lactones) is 1. The number of alkyl carbamates (subject to hydrolysis) is 1. The second-order valence-corrected chi connectivity index (χ2v) is 21.3. The SMILES string of the molecule is CC[C@@]1(O)C(=O)OCc2c1cc1n(c2=O)Cc2c-1nc1cc(F)c(C)c3c1c2[C@@H](NC(O)CCCNC(=O)[C@H](CCCCNC(=O)OC(C)(C)C)NC(=O)[C@@H](NC(=O)CCCCCN1C(=O)C=CC1=O)C(C)C)CC3. The zero-order valence-corrected chi connectivity index (χ0v) is 43.9. The Morgan fingerprint density at radius 2 is 1.64 bits per heavy atom. The maximum atomic E-state index is 15.5. The number of nitrogens with zero attached hydrogens (tertiary/aromatic N) is 3. The van der Waals surface area contributed by atoms with Crippen molar-refractivity contribution in [3.63, 3.8) is 0 Å². The van der Waals surface area contributed by atoms with Crippen molar-refractivity contribution in [1.82, 2.24) is 41.0 Å². The average molecular weight is 1040 g/mol. The van der Waals surface area contributed by atoms with Crippen molar-refractivity contribution in [2.45, 2.75) is 174 Å². The van der Waals surface area contributed by atoms with Crippen molar-refractivity contribution in [3.05, 3.63) is 73.8 Å². The van der Waals surface area contributed by atoms with Gasteiger partial charge in [0, 0.05) is 66.8 Å². The Morgan fingerprint density at radius 1 is 0.920 bits per heavy atom. The number of benzene rings is 1. The quantitative estimate of drug-likeness (QED) is 0.0238. The summed E-state index contributed by atoms with van der Waals surface area (Å²) in [5.74, 6) is -3.73. The topological polar surface area (TPSA) is 277 Å². The van der Waals surface area contributed by atoms with Gasteiger partial charge in [-0.3, -0.25) is 39.0 Å². The van der Waals surface area contributed by atoms with E-state index in [0.29, 0.717) is 79.4 Å². The average Bonchev–Trinajstić information content (AvgIpc) is 3.88. The number of aliphatic hydroxyl groups is 2. The molecule has 4 aliphatic rings. The lowest BCUT2D eigenvalue weighted by Crippen LogP contribution is -2.55. The van der Waals surface area contributed by atoms with Gasteiger partial charge in [0.05, 0.1) is 29.0 Å². The number of esters is 1. The summed E-state index contributed by atoms with van der Waals surface area (Å²) in [6.45, 7) is 12.6. The summed E-state index contributed by atoms with van der Waals surface area (Å²) in [6.07, 6.45) is 5.00. The molecule has 2 aromatic heterocycles. The molecule has 0 fully saturated rings. The maximum Gasteiger partial charge on any atom is 0.407 e. The van der Waals surface area contributed by atoms with Crippen molar-refractivity contribution in [2.75, 3.05) is 19.6 Å². The summed E-state index contributed by atoms with van der Waals surface area (Å²) in [5, 5.41) is 38.3. The summed E-state index contributed by atoms with van der Waals surface area (Å²) < 4.78 is 27.6. The van der Waals surface area contributed by atoms with Gasteiger partial charge in [0.2, 0.25) is 17.7 Å². The Balaban J connectivity index is 0.988. The molecule has 5 heterocycles. The van der Waals surface area contributed by atoms with E-state index in [1.165, 1.54) is 22.8 Å². The molecule has 20 nitrogen and oxygen atoms in total. The summed E-state index contributed by atoms with van der Waals surface area (Å²) in [7, 11) is 0. The second kappa shape index (κ2) is 23.5. The van der Waals surface area contributed by atoms with Crippen molar-refractivity contribution < 1.29 is 57.6 Å². The van der Waals surface area contributed by atoms with Gasteiger partial charge in [0.15, 0.2) is 5.60 Å². The van der Waals surface area contributed by atoms with Crippen LogP contribution in [0.25, 0.3) is 22.3 Å². The van der Waals surface area contributed by atoms with Gasteiger partial charge < -0.3 is 45.5 Å². The largest absolute Gasteiger partial charge is 0.458 e. The summed E-state index contributed by atoms with van der Waals surface area (Å²) in [6, 6.07) is 0.537. The molecule has 406 valence electrons. The van der Waals surface area contributed by atoms with Crippen LogP contribution in [0.4, 0.5) is 9.18 Å². The lowest BCUT2D eigenvalue weighted by molar-refractivity contribution is -0.172. The fourth-order valence-electron chi connectivity index (χ4n) is 10.3. The number of unbranched alkanes of at least 4 members (excludes halogenated alkanes) is 3. The van der Waals surface area contributed by atoms with Crippen LogP contribution in [-0.2, 0) is 63.4 Å².